The molecule has 1 aromatic carbocycles. The smallest absolute Gasteiger partial charge is 0.232 e. The summed E-state index contributed by atoms with van der Waals surface area (Å²) in [5.41, 5.74) is -0.104. The molecule has 2 aromatic rings. The molecule has 0 aliphatic carbocycles. The number of aromatic nitrogens is 2. The quantitative estimate of drug-likeness (QED) is 0.911. The summed E-state index contributed by atoms with van der Waals surface area (Å²) in [5, 5.41) is 2.46. The first-order valence-electron chi connectivity index (χ1n) is 4.99. The van der Waals surface area contributed by atoms with Gasteiger partial charge in [0.1, 0.15) is 5.82 Å². The van der Waals surface area contributed by atoms with E-state index in [1.54, 1.807) is 0 Å². The Hall–Kier alpha value is -1.47. The lowest BCUT2D eigenvalue weighted by Crippen LogP contribution is -2.02. The molecule has 0 atom stereocenters. The molecule has 0 saturated heterocycles. The minimum absolute atomic E-state index is 0.0764. The van der Waals surface area contributed by atoms with Gasteiger partial charge < -0.3 is 10.1 Å². The van der Waals surface area contributed by atoms with Crippen LogP contribution in [0.5, 0.6) is 5.88 Å². The zero-order valence-electron chi connectivity index (χ0n) is 9.55. The zero-order chi connectivity index (χ0) is 14.0. The minimum Gasteiger partial charge on any atom is -0.480 e. The minimum atomic E-state index is -0.838. The van der Waals surface area contributed by atoms with Gasteiger partial charge in [-0.3, -0.25) is 0 Å². The van der Waals surface area contributed by atoms with Crippen molar-refractivity contribution in [1.82, 2.24) is 9.97 Å². The predicted octanol–water partition coefficient (Wildman–Crippen LogP) is 3.92. The summed E-state index contributed by atoms with van der Waals surface area (Å²) in [7, 11) is 1.43. The fraction of sp³-hybridized carbons (Fsp3) is 0.0909. The van der Waals surface area contributed by atoms with Crippen molar-refractivity contribution in [3.8, 4) is 5.88 Å². The van der Waals surface area contributed by atoms with E-state index >= 15 is 0 Å². The van der Waals surface area contributed by atoms with Crippen LogP contribution in [0.2, 0.25) is 5.02 Å². The Balaban J connectivity index is 2.36. The highest BCUT2D eigenvalue weighted by Crippen LogP contribution is 2.29. The molecule has 0 aliphatic heterocycles. The first-order valence-corrected chi connectivity index (χ1v) is 6.16. The third kappa shape index (κ3) is 3.10. The van der Waals surface area contributed by atoms with Crippen LogP contribution in [0.4, 0.5) is 20.4 Å². The highest BCUT2D eigenvalue weighted by Gasteiger charge is 2.12. The normalized spacial score (nSPS) is 10.4. The highest BCUT2D eigenvalue weighted by atomic mass is 79.9. The van der Waals surface area contributed by atoms with Gasteiger partial charge in [-0.1, -0.05) is 11.6 Å². The van der Waals surface area contributed by atoms with E-state index in [4.69, 9.17) is 16.3 Å². The zero-order valence-corrected chi connectivity index (χ0v) is 11.9. The van der Waals surface area contributed by atoms with Crippen LogP contribution in [0, 0.1) is 11.6 Å². The first kappa shape index (κ1) is 14.0. The Morgan fingerprint density at radius 1 is 1.37 bits per heavy atom. The molecule has 0 amide bonds. The number of benzene rings is 1. The monoisotopic (exact) mass is 349 g/mol. The van der Waals surface area contributed by atoms with Crippen LogP contribution in [0.25, 0.3) is 0 Å². The van der Waals surface area contributed by atoms with E-state index in [0.29, 0.717) is 10.5 Å². The van der Waals surface area contributed by atoms with Gasteiger partial charge in [-0.2, -0.15) is 4.98 Å². The molecule has 1 heterocycles. The summed E-state index contributed by atoms with van der Waals surface area (Å²) in [4.78, 5) is 7.90. The number of hydrogen-bond donors (Lipinski definition) is 1. The molecular formula is C11H7BrClF2N3O. The number of rotatable bonds is 3. The van der Waals surface area contributed by atoms with E-state index in [1.165, 1.54) is 13.3 Å². The van der Waals surface area contributed by atoms with E-state index in [2.05, 4.69) is 31.2 Å². The van der Waals surface area contributed by atoms with Crippen molar-refractivity contribution in [2.24, 2.45) is 0 Å². The van der Waals surface area contributed by atoms with Gasteiger partial charge in [0.25, 0.3) is 0 Å². The summed E-state index contributed by atoms with van der Waals surface area (Å²) in [6.45, 7) is 0. The van der Waals surface area contributed by atoms with Crippen LogP contribution in [0.1, 0.15) is 0 Å². The molecule has 0 saturated carbocycles. The highest BCUT2D eigenvalue weighted by molar-refractivity contribution is 9.10. The maximum Gasteiger partial charge on any atom is 0.232 e. The summed E-state index contributed by atoms with van der Waals surface area (Å²) in [5.74, 6) is -1.25. The lowest BCUT2D eigenvalue weighted by molar-refractivity contribution is 0.394. The van der Waals surface area contributed by atoms with Gasteiger partial charge in [-0.15, -0.1) is 0 Å². The fourth-order valence-corrected chi connectivity index (χ4v) is 1.92. The standard InChI is InChI=1S/C11H7BrClF2N3O/c1-19-10-6(12)4-16-11(18-10)17-9-7(13)2-5(14)3-8(9)15/h2-4H,1H3,(H,16,17,18). The van der Waals surface area contributed by atoms with Gasteiger partial charge in [0.15, 0.2) is 5.82 Å². The number of hydrogen-bond acceptors (Lipinski definition) is 4. The van der Waals surface area contributed by atoms with E-state index in [1.807, 2.05) is 0 Å². The van der Waals surface area contributed by atoms with Crippen molar-refractivity contribution < 1.29 is 13.5 Å². The Kier molecular flexibility index (Phi) is 4.16. The molecule has 0 spiro atoms. The number of ether oxygens (including phenoxy) is 1. The summed E-state index contributed by atoms with van der Waals surface area (Å²) in [6, 6.07) is 1.70. The maximum absolute atomic E-state index is 13.6. The Morgan fingerprint density at radius 3 is 2.74 bits per heavy atom. The van der Waals surface area contributed by atoms with Gasteiger partial charge in [-0.05, 0) is 22.0 Å². The van der Waals surface area contributed by atoms with Crippen LogP contribution >= 0.6 is 27.5 Å². The Bertz CT molecular complexity index is 604. The molecule has 0 aliphatic rings. The molecule has 100 valence electrons. The SMILES string of the molecule is COc1nc(Nc2c(F)cc(F)cc2Cl)ncc1Br. The van der Waals surface area contributed by atoms with Crippen LogP contribution < -0.4 is 10.1 Å². The molecule has 0 unspecified atom stereocenters. The van der Waals surface area contributed by atoms with Crippen LogP contribution in [0.15, 0.2) is 22.8 Å². The van der Waals surface area contributed by atoms with Crippen LogP contribution in [0.3, 0.4) is 0 Å². The molecule has 1 aromatic heterocycles. The second-order valence-corrected chi connectivity index (χ2v) is 4.68. The number of anilines is 2. The van der Waals surface area contributed by atoms with Gasteiger partial charge in [-0.25, -0.2) is 13.8 Å². The summed E-state index contributed by atoms with van der Waals surface area (Å²) < 4.78 is 32.0. The Morgan fingerprint density at radius 2 is 2.11 bits per heavy atom. The number of methoxy groups -OCH3 is 1. The molecule has 8 heteroatoms. The summed E-state index contributed by atoms with van der Waals surface area (Å²) in [6.07, 6.45) is 1.43. The van der Waals surface area contributed by atoms with Crippen molar-refractivity contribution in [3.05, 3.63) is 39.5 Å². The Labute approximate surface area is 120 Å². The summed E-state index contributed by atoms with van der Waals surface area (Å²) >= 11 is 8.94. The maximum atomic E-state index is 13.6. The third-order valence-electron chi connectivity index (χ3n) is 2.15. The molecule has 0 fully saturated rings. The van der Waals surface area contributed by atoms with Gasteiger partial charge in [0.2, 0.25) is 11.8 Å². The molecule has 19 heavy (non-hydrogen) atoms. The lowest BCUT2D eigenvalue weighted by Gasteiger charge is -2.09. The largest absolute Gasteiger partial charge is 0.480 e. The van der Waals surface area contributed by atoms with Crippen LogP contribution in [-0.2, 0) is 0 Å². The average Bonchev–Trinajstić information content (AvgIpc) is 2.35. The van der Waals surface area contributed by atoms with Gasteiger partial charge >= 0.3 is 0 Å². The first-order chi connectivity index (χ1) is 9.01. The van der Waals surface area contributed by atoms with E-state index < -0.39 is 11.6 Å². The van der Waals surface area contributed by atoms with Gasteiger partial charge in [0.05, 0.1) is 28.5 Å². The number of halogens is 4. The molecule has 4 nitrogen and oxygen atoms in total. The van der Waals surface area contributed by atoms with E-state index in [9.17, 15) is 8.78 Å². The van der Waals surface area contributed by atoms with Crippen molar-refractivity contribution in [2.45, 2.75) is 0 Å². The molecule has 0 radical (unpaired) electrons. The van der Waals surface area contributed by atoms with Crippen molar-refractivity contribution in [1.29, 1.82) is 0 Å². The second kappa shape index (κ2) is 5.66. The van der Waals surface area contributed by atoms with Crippen LogP contribution in [-0.4, -0.2) is 17.1 Å². The third-order valence-corrected chi connectivity index (χ3v) is 2.99. The topological polar surface area (TPSA) is 47.0 Å². The van der Waals surface area contributed by atoms with Gasteiger partial charge in [0, 0.05) is 6.07 Å². The number of nitrogens with one attached hydrogen (secondary N) is 1. The van der Waals surface area contributed by atoms with E-state index in [0.717, 1.165) is 6.07 Å². The second-order valence-electron chi connectivity index (χ2n) is 3.42. The average molecular weight is 351 g/mol. The molecule has 0 bridgehead atoms. The predicted molar refractivity (Wildman–Crippen MR) is 70.9 cm³/mol. The lowest BCUT2D eigenvalue weighted by atomic mass is 10.3. The van der Waals surface area contributed by atoms with E-state index in [-0.39, 0.29) is 22.5 Å². The molecular weight excluding hydrogens is 343 g/mol. The van der Waals surface area contributed by atoms with Crippen molar-refractivity contribution in [3.63, 3.8) is 0 Å². The fourth-order valence-electron chi connectivity index (χ4n) is 1.33. The number of nitrogens with zero attached hydrogens (tertiary/aromatic N) is 2. The molecule has 1 N–H and O–H groups in total. The molecule has 2 rings (SSSR count). The van der Waals surface area contributed by atoms with Crippen molar-refractivity contribution >= 4 is 39.2 Å². The van der Waals surface area contributed by atoms with Crippen molar-refractivity contribution in [2.75, 3.05) is 12.4 Å².